The monoisotopic (exact) mass is 474 g/mol. The lowest BCUT2D eigenvalue weighted by Gasteiger charge is -2.27. The molecule has 0 unspecified atom stereocenters. The van der Waals surface area contributed by atoms with Crippen LogP contribution in [0.5, 0.6) is 0 Å². The van der Waals surface area contributed by atoms with Crippen molar-refractivity contribution in [3.8, 4) is 11.3 Å². The molecule has 8 heteroatoms. The van der Waals surface area contributed by atoms with Gasteiger partial charge in [0.1, 0.15) is 0 Å². The molecule has 0 bridgehead atoms. The Bertz CT molecular complexity index is 1130. The molecule has 1 aromatic heterocycles. The van der Waals surface area contributed by atoms with Crippen LogP contribution in [0.25, 0.3) is 11.3 Å². The van der Waals surface area contributed by atoms with Gasteiger partial charge in [-0.3, -0.25) is 4.79 Å². The number of halogens is 1. The number of rotatable bonds is 5. The quantitative estimate of drug-likeness (QED) is 0.559. The smallest absolute Gasteiger partial charge is 0.276 e. The maximum absolute atomic E-state index is 13.3. The predicted molar refractivity (Wildman–Crippen MR) is 113 cm³/mol. The summed E-state index contributed by atoms with van der Waals surface area (Å²) in [4.78, 5) is 14.9. The Labute approximate surface area is 177 Å². The van der Waals surface area contributed by atoms with E-state index in [1.54, 1.807) is 11.0 Å². The standard InChI is InChI=1S/C21H19BrN2O4S/c22-17-8-4-5-15(11-17)13-24(18-9-10-29(26,27)14-18)21(25)19-12-20(28-23-19)16-6-2-1-3-7-16/h1-8,11-12,18H,9-10,13-14H2/t18-/m1/s1. The van der Waals surface area contributed by atoms with E-state index in [-0.39, 0.29) is 29.1 Å². The fourth-order valence-electron chi connectivity index (χ4n) is 3.48. The molecule has 0 aliphatic carbocycles. The molecule has 6 nitrogen and oxygen atoms in total. The summed E-state index contributed by atoms with van der Waals surface area (Å²) in [6.07, 6.45) is 0.422. The number of sulfone groups is 1. The van der Waals surface area contributed by atoms with Crippen molar-refractivity contribution >= 4 is 31.7 Å². The lowest BCUT2D eigenvalue weighted by atomic mass is 10.1. The predicted octanol–water partition coefficient (Wildman–Crippen LogP) is 3.93. The van der Waals surface area contributed by atoms with Crippen molar-refractivity contribution < 1.29 is 17.7 Å². The van der Waals surface area contributed by atoms with Gasteiger partial charge in [-0.15, -0.1) is 0 Å². The Kier molecular flexibility index (Phi) is 5.56. The van der Waals surface area contributed by atoms with Crippen molar-refractivity contribution in [2.75, 3.05) is 11.5 Å². The van der Waals surface area contributed by atoms with Gasteiger partial charge in [-0.2, -0.15) is 0 Å². The molecule has 1 saturated heterocycles. The van der Waals surface area contributed by atoms with Crippen LogP contribution in [0.3, 0.4) is 0 Å². The molecule has 1 aliphatic rings. The van der Waals surface area contributed by atoms with E-state index in [2.05, 4.69) is 21.1 Å². The van der Waals surface area contributed by atoms with Gasteiger partial charge in [0.25, 0.3) is 5.91 Å². The number of hydrogen-bond acceptors (Lipinski definition) is 5. The van der Waals surface area contributed by atoms with E-state index in [1.165, 1.54) is 0 Å². The first-order chi connectivity index (χ1) is 13.9. The van der Waals surface area contributed by atoms with Crippen molar-refractivity contribution in [1.82, 2.24) is 10.1 Å². The number of aromatic nitrogens is 1. The van der Waals surface area contributed by atoms with Gasteiger partial charge in [-0.1, -0.05) is 63.6 Å². The third kappa shape index (κ3) is 4.59. The van der Waals surface area contributed by atoms with Crippen LogP contribution >= 0.6 is 15.9 Å². The number of benzene rings is 2. The highest BCUT2D eigenvalue weighted by Gasteiger charge is 2.36. The van der Waals surface area contributed by atoms with E-state index in [0.29, 0.717) is 18.7 Å². The Balaban J connectivity index is 1.63. The fourth-order valence-corrected chi connectivity index (χ4v) is 5.66. The minimum atomic E-state index is -3.14. The molecule has 3 aromatic rings. The summed E-state index contributed by atoms with van der Waals surface area (Å²) in [7, 11) is -3.14. The van der Waals surface area contributed by atoms with Crippen LogP contribution in [0.2, 0.25) is 0 Å². The zero-order valence-corrected chi connectivity index (χ0v) is 17.9. The molecule has 1 aliphatic heterocycles. The summed E-state index contributed by atoms with van der Waals surface area (Å²) in [6, 6.07) is 18.2. The van der Waals surface area contributed by atoms with Crippen LogP contribution in [-0.2, 0) is 16.4 Å². The summed E-state index contributed by atoms with van der Waals surface area (Å²) in [5.74, 6) is 0.220. The molecule has 29 heavy (non-hydrogen) atoms. The topological polar surface area (TPSA) is 80.5 Å². The van der Waals surface area contributed by atoms with Crippen molar-refractivity contribution in [3.63, 3.8) is 0 Å². The molecule has 2 aromatic carbocycles. The van der Waals surface area contributed by atoms with E-state index < -0.39 is 9.84 Å². The Morgan fingerprint density at radius 2 is 1.93 bits per heavy atom. The van der Waals surface area contributed by atoms with Gasteiger partial charge < -0.3 is 9.42 Å². The van der Waals surface area contributed by atoms with Crippen LogP contribution < -0.4 is 0 Å². The summed E-state index contributed by atoms with van der Waals surface area (Å²) in [5.41, 5.74) is 1.90. The summed E-state index contributed by atoms with van der Waals surface area (Å²) < 4.78 is 30.3. The van der Waals surface area contributed by atoms with Crippen molar-refractivity contribution in [3.05, 3.63) is 76.4 Å². The molecular weight excluding hydrogens is 456 g/mol. The van der Waals surface area contributed by atoms with Gasteiger partial charge >= 0.3 is 0 Å². The molecule has 4 rings (SSSR count). The van der Waals surface area contributed by atoms with Gasteiger partial charge in [0.2, 0.25) is 0 Å². The first-order valence-electron chi connectivity index (χ1n) is 9.19. The van der Waals surface area contributed by atoms with Gasteiger partial charge in [-0.25, -0.2) is 8.42 Å². The first kappa shape index (κ1) is 19.8. The molecule has 0 saturated carbocycles. The summed E-state index contributed by atoms with van der Waals surface area (Å²) >= 11 is 3.44. The lowest BCUT2D eigenvalue weighted by Crippen LogP contribution is -2.40. The molecule has 0 spiro atoms. The fraction of sp³-hybridized carbons (Fsp3) is 0.238. The van der Waals surface area contributed by atoms with Crippen LogP contribution in [0.4, 0.5) is 0 Å². The largest absolute Gasteiger partial charge is 0.355 e. The second kappa shape index (κ2) is 8.12. The van der Waals surface area contributed by atoms with Crippen LogP contribution in [0.15, 0.2) is 69.7 Å². The second-order valence-electron chi connectivity index (χ2n) is 7.06. The molecule has 1 fully saturated rings. The number of nitrogens with zero attached hydrogens (tertiary/aromatic N) is 2. The maximum Gasteiger partial charge on any atom is 0.276 e. The van der Waals surface area contributed by atoms with E-state index in [4.69, 9.17) is 4.52 Å². The molecule has 2 heterocycles. The van der Waals surface area contributed by atoms with E-state index in [9.17, 15) is 13.2 Å². The zero-order valence-electron chi connectivity index (χ0n) is 15.5. The van der Waals surface area contributed by atoms with Crippen LogP contribution in [0.1, 0.15) is 22.5 Å². The minimum Gasteiger partial charge on any atom is -0.355 e. The normalized spacial score (nSPS) is 17.9. The second-order valence-corrected chi connectivity index (χ2v) is 10.2. The van der Waals surface area contributed by atoms with Gasteiger partial charge in [0, 0.05) is 28.7 Å². The number of amides is 1. The van der Waals surface area contributed by atoms with E-state index >= 15 is 0 Å². The Morgan fingerprint density at radius 3 is 2.62 bits per heavy atom. The van der Waals surface area contributed by atoms with E-state index in [0.717, 1.165) is 15.6 Å². The molecule has 150 valence electrons. The van der Waals surface area contributed by atoms with Crippen molar-refractivity contribution in [1.29, 1.82) is 0 Å². The Morgan fingerprint density at radius 1 is 1.14 bits per heavy atom. The first-order valence-corrected chi connectivity index (χ1v) is 11.8. The SMILES string of the molecule is O=C(c1cc(-c2ccccc2)on1)N(Cc1cccc(Br)c1)[C@@H]1CCS(=O)(=O)C1. The molecule has 1 amide bonds. The zero-order chi connectivity index (χ0) is 20.4. The lowest BCUT2D eigenvalue weighted by molar-refractivity contribution is 0.0670. The number of hydrogen-bond donors (Lipinski definition) is 0. The van der Waals surface area contributed by atoms with Crippen molar-refractivity contribution in [2.45, 2.75) is 19.0 Å². The average Bonchev–Trinajstić information content (AvgIpc) is 3.33. The molecule has 0 radical (unpaired) electrons. The summed E-state index contributed by atoms with van der Waals surface area (Å²) in [6.45, 7) is 0.298. The van der Waals surface area contributed by atoms with Crippen LogP contribution in [-0.4, -0.2) is 41.9 Å². The minimum absolute atomic E-state index is 0.0316. The molecule has 1 atom stereocenters. The highest BCUT2D eigenvalue weighted by Crippen LogP contribution is 2.25. The maximum atomic E-state index is 13.3. The van der Waals surface area contributed by atoms with E-state index in [1.807, 2.05) is 54.6 Å². The average molecular weight is 475 g/mol. The highest BCUT2D eigenvalue weighted by molar-refractivity contribution is 9.10. The van der Waals surface area contributed by atoms with Crippen molar-refractivity contribution in [2.24, 2.45) is 0 Å². The molecule has 0 N–H and O–H groups in total. The third-order valence-corrected chi connectivity index (χ3v) is 7.18. The molecular formula is C21H19BrN2O4S. The van der Waals surface area contributed by atoms with Gasteiger partial charge in [0.15, 0.2) is 21.3 Å². The van der Waals surface area contributed by atoms with Gasteiger partial charge in [0.05, 0.1) is 11.5 Å². The Hall–Kier alpha value is -2.45. The third-order valence-electron chi connectivity index (χ3n) is 4.94. The van der Waals surface area contributed by atoms with Crippen LogP contribution in [0, 0.1) is 0 Å². The summed E-state index contributed by atoms with van der Waals surface area (Å²) in [5, 5.41) is 3.96. The highest BCUT2D eigenvalue weighted by atomic mass is 79.9. The number of carbonyl (C=O) groups excluding carboxylic acids is 1. The van der Waals surface area contributed by atoms with Gasteiger partial charge in [-0.05, 0) is 24.1 Å². The number of carbonyl (C=O) groups is 1.